The molecule has 1 rings (SSSR count). The fraction of sp³-hybridized carbons (Fsp3) is 0.727. The summed E-state index contributed by atoms with van der Waals surface area (Å²) in [5.74, 6) is 0. The first-order valence-electron chi connectivity index (χ1n) is 5.89. The molecule has 0 aliphatic rings. The van der Waals surface area contributed by atoms with Gasteiger partial charge in [0.25, 0.3) is 6.01 Å². The largest absolute Gasteiger partial charge is 0.465 e. The van der Waals surface area contributed by atoms with E-state index in [-0.39, 0.29) is 19.4 Å². The maximum Gasteiger partial charge on any atom is 0.298 e. The number of aliphatic hydroxyl groups excluding tert-OH is 2. The van der Waals surface area contributed by atoms with E-state index in [1.165, 1.54) is 0 Å². The van der Waals surface area contributed by atoms with E-state index in [1.54, 1.807) is 4.57 Å². The second kappa shape index (κ2) is 6.58. The van der Waals surface area contributed by atoms with E-state index >= 15 is 0 Å². The van der Waals surface area contributed by atoms with E-state index < -0.39 is 0 Å². The van der Waals surface area contributed by atoms with Gasteiger partial charge in [-0.2, -0.15) is 4.98 Å². The van der Waals surface area contributed by atoms with E-state index in [9.17, 15) is 10.2 Å². The lowest BCUT2D eigenvalue weighted by Crippen LogP contribution is -2.22. The van der Waals surface area contributed by atoms with Gasteiger partial charge >= 0.3 is 0 Å². The van der Waals surface area contributed by atoms with Crippen LogP contribution in [0.5, 0.6) is 6.01 Å². The highest BCUT2D eigenvalue weighted by atomic mass is 16.5. The van der Waals surface area contributed by atoms with Gasteiger partial charge in [0.05, 0.1) is 37.4 Å². The number of hydrogen-bond acceptors (Lipinski definition) is 5. The van der Waals surface area contributed by atoms with Crippen LogP contribution in [-0.4, -0.2) is 26.4 Å². The summed E-state index contributed by atoms with van der Waals surface area (Å²) in [6.07, 6.45) is 1.38. The summed E-state index contributed by atoms with van der Waals surface area (Å²) in [5, 5.41) is 18.5. The SMILES string of the molecule is CCCC(N)n1c(OCC)nc(CO)c1CO. The lowest BCUT2D eigenvalue weighted by molar-refractivity contribution is 0.239. The molecule has 1 atom stereocenters. The molecule has 1 heterocycles. The second-order valence-electron chi connectivity index (χ2n) is 3.76. The molecule has 0 bridgehead atoms. The third-order valence-electron chi connectivity index (χ3n) is 2.55. The van der Waals surface area contributed by atoms with Crippen LogP contribution in [0.15, 0.2) is 0 Å². The average Bonchev–Trinajstić information content (AvgIpc) is 2.67. The minimum Gasteiger partial charge on any atom is -0.465 e. The van der Waals surface area contributed by atoms with Crippen LogP contribution in [0, 0.1) is 0 Å². The summed E-state index contributed by atoms with van der Waals surface area (Å²) in [4.78, 5) is 4.14. The Morgan fingerprint density at radius 1 is 1.35 bits per heavy atom. The van der Waals surface area contributed by atoms with Crippen molar-refractivity contribution in [1.82, 2.24) is 9.55 Å². The maximum absolute atomic E-state index is 9.35. The predicted octanol–water partition coefficient (Wildman–Crippen LogP) is 0.524. The molecule has 0 spiro atoms. The molecule has 1 aromatic rings. The number of nitrogens with two attached hydrogens (primary N) is 1. The van der Waals surface area contributed by atoms with E-state index in [2.05, 4.69) is 4.98 Å². The van der Waals surface area contributed by atoms with E-state index in [0.717, 1.165) is 12.8 Å². The molecule has 1 unspecified atom stereocenters. The standard InChI is InChI=1S/C11H21N3O3/c1-3-5-10(12)14-9(7-16)8(6-15)13-11(14)17-4-2/h10,15-16H,3-7,12H2,1-2H3. The van der Waals surface area contributed by atoms with Crippen LogP contribution in [-0.2, 0) is 13.2 Å². The quantitative estimate of drug-likeness (QED) is 0.649. The van der Waals surface area contributed by atoms with Crippen LogP contribution in [0.2, 0.25) is 0 Å². The third-order valence-corrected chi connectivity index (χ3v) is 2.55. The maximum atomic E-state index is 9.35. The van der Waals surface area contributed by atoms with Crippen molar-refractivity contribution < 1.29 is 14.9 Å². The van der Waals surface area contributed by atoms with Crippen molar-refractivity contribution in [3.63, 3.8) is 0 Å². The molecule has 0 fully saturated rings. The summed E-state index contributed by atoms with van der Waals surface area (Å²) in [5.41, 5.74) is 6.98. The lowest BCUT2D eigenvalue weighted by Gasteiger charge is -2.17. The molecule has 98 valence electrons. The van der Waals surface area contributed by atoms with Crippen LogP contribution < -0.4 is 10.5 Å². The first-order valence-corrected chi connectivity index (χ1v) is 5.89. The molecule has 0 radical (unpaired) electrons. The Morgan fingerprint density at radius 2 is 2.06 bits per heavy atom. The molecular formula is C11H21N3O3. The molecule has 4 N–H and O–H groups in total. The Balaban J connectivity index is 3.15. The Bertz CT molecular complexity index is 352. The number of imidazole rings is 1. The first kappa shape index (κ1) is 14.0. The van der Waals surface area contributed by atoms with E-state index in [0.29, 0.717) is 24.0 Å². The predicted molar refractivity (Wildman–Crippen MR) is 63.4 cm³/mol. The number of aromatic nitrogens is 2. The van der Waals surface area contributed by atoms with Gasteiger partial charge < -0.3 is 20.7 Å². The lowest BCUT2D eigenvalue weighted by atomic mass is 10.2. The third kappa shape index (κ3) is 2.96. The molecule has 6 heteroatoms. The molecule has 0 saturated heterocycles. The molecule has 0 aliphatic heterocycles. The highest BCUT2D eigenvalue weighted by Gasteiger charge is 2.20. The van der Waals surface area contributed by atoms with Crippen LogP contribution in [0.1, 0.15) is 44.2 Å². The van der Waals surface area contributed by atoms with Crippen LogP contribution in [0.3, 0.4) is 0 Å². The van der Waals surface area contributed by atoms with Gasteiger partial charge in [0.2, 0.25) is 0 Å². The van der Waals surface area contributed by atoms with Crippen LogP contribution >= 0.6 is 0 Å². The van der Waals surface area contributed by atoms with Gasteiger partial charge in [-0.3, -0.25) is 4.57 Å². The van der Waals surface area contributed by atoms with Crippen molar-refractivity contribution in [2.75, 3.05) is 6.61 Å². The molecule has 1 aromatic heterocycles. The van der Waals surface area contributed by atoms with E-state index in [1.807, 2.05) is 13.8 Å². The Hall–Kier alpha value is -1.11. The number of hydrogen-bond donors (Lipinski definition) is 3. The minimum atomic E-state index is -0.295. The molecule has 6 nitrogen and oxygen atoms in total. The molecule has 0 saturated carbocycles. The topological polar surface area (TPSA) is 93.5 Å². The van der Waals surface area contributed by atoms with Crippen molar-refractivity contribution in [1.29, 1.82) is 0 Å². The monoisotopic (exact) mass is 243 g/mol. The zero-order valence-electron chi connectivity index (χ0n) is 10.4. The van der Waals surface area contributed by atoms with E-state index in [4.69, 9.17) is 10.5 Å². The Kier molecular flexibility index (Phi) is 5.40. The second-order valence-corrected chi connectivity index (χ2v) is 3.76. The van der Waals surface area contributed by atoms with Crippen molar-refractivity contribution in [2.24, 2.45) is 5.73 Å². The van der Waals surface area contributed by atoms with Gasteiger partial charge in [-0.15, -0.1) is 0 Å². The van der Waals surface area contributed by atoms with Gasteiger partial charge in [-0.25, -0.2) is 0 Å². The summed E-state index contributed by atoms with van der Waals surface area (Å²) in [6.45, 7) is 3.89. The minimum absolute atomic E-state index is 0.215. The summed E-state index contributed by atoms with van der Waals surface area (Å²) in [7, 11) is 0. The van der Waals surface area contributed by atoms with Gasteiger partial charge in [-0.05, 0) is 13.3 Å². The summed E-state index contributed by atoms with van der Waals surface area (Å²) < 4.78 is 7.04. The van der Waals surface area contributed by atoms with Crippen molar-refractivity contribution >= 4 is 0 Å². The van der Waals surface area contributed by atoms with Crippen molar-refractivity contribution in [3.05, 3.63) is 11.4 Å². The van der Waals surface area contributed by atoms with Gasteiger partial charge in [0, 0.05) is 0 Å². The van der Waals surface area contributed by atoms with Gasteiger partial charge in [0.15, 0.2) is 0 Å². The van der Waals surface area contributed by atoms with Crippen LogP contribution in [0.25, 0.3) is 0 Å². The number of aliphatic hydroxyl groups is 2. The fourth-order valence-electron chi connectivity index (χ4n) is 1.78. The first-order chi connectivity index (χ1) is 8.19. The molecule has 17 heavy (non-hydrogen) atoms. The smallest absolute Gasteiger partial charge is 0.298 e. The summed E-state index contributed by atoms with van der Waals surface area (Å²) >= 11 is 0. The number of ether oxygens (including phenoxy) is 1. The Labute approximate surface area is 101 Å². The van der Waals surface area contributed by atoms with Gasteiger partial charge in [0.1, 0.15) is 0 Å². The number of rotatable bonds is 7. The zero-order valence-corrected chi connectivity index (χ0v) is 10.4. The highest BCUT2D eigenvalue weighted by molar-refractivity contribution is 5.20. The normalized spacial score (nSPS) is 12.8. The molecule has 0 amide bonds. The Morgan fingerprint density at radius 3 is 2.53 bits per heavy atom. The highest BCUT2D eigenvalue weighted by Crippen LogP contribution is 2.24. The fourth-order valence-corrected chi connectivity index (χ4v) is 1.78. The van der Waals surface area contributed by atoms with Gasteiger partial charge in [-0.1, -0.05) is 13.3 Å². The van der Waals surface area contributed by atoms with Crippen molar-refractivity contribution in [2.45, 2.75) is 46.1 Å². The average molecular weight is 243 g/mol. The zero-order chi connectivity index (χ0) is 12.8. The molecular weight excluding hydrogens is 222 g/mol. The molecule has 0 aliphatic carbocycles. The van der Waals surface area contributed by atoms with Crippen LogP contribution in [0.4, 0.5) is 0 Å². The number of nitrogens with zero attached hydrogens (tertiary/aromatic N) is 2. The summed E-state index contributed by atoms with van der Waals surface area (Å²) in [6, 6.07) is 0.363. The van der Waals surface area contributed by atoms with Crippen molar-refractivity contribution in [3.8, 4) is 6.01 Å². The molecule has 0 aromatic carbocycles.